The Labute approximate surface area is 141 Å². The Balaban J connectivity index is 1.62. The maximum Gasteiger partial charge on any atom is 0.338 e. The summed E-state index contributed by atoms with van der Waals surface area (Å²) in [6.45, 7) is 10.1. The molecule has 6 nitrogen and oxygen atoms in total. The summed E-state index contributed by atoms with van der Waals surface area (Å²) in [5, 5.41) is 0. The van der Waals surface area contributed by atoms with Gasteiger partial charge in [0.25, 0.3) is 0 Å². The third-order valence-electron chi connectivity index (χ3n) is 3.92. The molecule has 2 heterocycles. The molecule has 2 unspecified atom stereocenters. The van der Waals surface area contributed by atoms with Crippen molar-refractivity contribution in [2.24, 2.45) is 0 Å². The second-order valence-electron chi connectivity index (χ2n) is 6.04. The van der Waals surface area contributed by atoms with E-state index < -0.39 is 8.56 Å². The van der Waals surface area contributed by atoms with Crippen molar-refractivity contribution in [2.75, 3.05) is 52.9 Å². The Kier molecular flexibility index (Phi) is 9.03. The van der Waals surface area contributed by atoms with Crippen molar-refractivity contribution in [3.63, 3.8) is 0 Å². The standard InChI is InChI=1S/C16H32O6Si/c1-3-21-23(22-4-2,9-5-7-17-11-15-13-19-15)10-6-8-18-12-16-14-20-16/h15-16H,3-14H2,1-2H3. The Morgan fingerprint density at radius 1 is 0.826 bits per heavy atom. The summed E-state index contributed by atoms with van der Waals surface area (Å²) in [4.78, 5) is 0. The normalized spacial score (nSPS) is 23.2. The van der Waals surface area contributed by atoms with Crippen LogP contribution in [0.1, 0.15) is 26.7 Å². The molecule has 7 heteroatoms. The third kappa shape index (κ3) is 8.58. The van der Waals surface area contributed by atoms with Crippen molar-refractivity contribution in [3.05, 3.63) is 0 Å². The van der Waals surface area contributed by atoms with E-state index in [1.54, 1.807) is 0 Å². The molecule has 0 aliphatic carbocycles. The lowest BCUT2D eigenvalue weighted by atomic mass is 10.5. The molecule has 0 aromatic heterocycles. The highest BCUT2D eigenvalue weighted by Gasteiger charge is 2.36. The van der Waals surface area contributed by atoms with Gasteiger partial charge in [-0.15, -0.1) is 0 Å². The van der Waals surface area contributed by atoms with Gasteiger partial charge < -0.3 is 27.8 Å². The quantitative estimate of drug-likeness (QED) is 0.242. The monoisotopic (exact) mass is 348 g/mol. The van der Waals surface area contributed by atoms with Crippen LogP contribution in [0.4, 0.5) is 0 Å². The molecule has 2 saturated heterocycles. The second kappa shape index (κ2) is 10.8. The molecule has 0 aromatic carbocycles. The number of hydrogen-bond acceptors (Lipinski definition) is 6. The molecule has 23 heavy (non-hydrogen) atoms. The highest BCUT2D eigenvalue weighted by atomic mass is 28.4. The fourth-order valence-corrected chi connectivity index (χ4v) is 5.96. The van der Waals surface area contributed by atoms with Crippen molar-refractivity contribution in [1.82, 2.24) is 0 Å². The van der Waals surface area contributed by atoms with Crippen LogP contribution >= 0.6 is 0 Å². The molecule has 2 fully saturated rings. The van der Waals surface area contributed by atoms with E-state index >= 15 is 0 Å². The molecule has 0 bridgehead atoms. The number of epoxide rings is 2. The molecule has 0 amide bonds. The van der Waals surface area contributed by atoms with E-state index in [1.165, 1.54) is 0 Å². The van der Waals surface area contributed by atoms with Crippen molar-refractivity contribution in [3.8, 4) is 0 Å². The predicted molar refractivity (Wildman–Crippen MR) is 89.0 cm³/mol. The van der Waals surface area contributed by atoms with E-state index in [0.29, 0.717) is 25.4 Å². The van der Waals surface area contributed by atoms with Crippen LogP contribution in [0.5, 0.6) is 0 Å². The van der Waals surface area contributed by atoms with Crippen molar-refractivity contribution < 1.29 is 27.8 Å². The van der Waals surface area contributed by atoms with E-state index in [9.17, 15) is 0 Å². The smallest absolute Gasteiger partial charge is 0.338 e. The maximum atomic E-state index is 6.11. The molecule has 2 aliphatic rings. The van der Waals surface area contributed by atoms with Gasteiger partial charge in [0.2, 0.25) is 0 Å². The highest BCUT2D eigenvalue weighted by Crippen LogP contribution is 2.24. The molecule has 136 valence electrons. The Morgan fingerprint density at radius 3 is 1.61 bits per heavy atom. The van der Waals surface area contributed by atoms with Gasteiger partial charge in [-0.3, -0.25) is 0 Å². The fraction of sp³-hybridized carbons (Fsp3) is 1.00. The Bertz CT molecular complexity index is 279. The van der Waals surface area contributed by atoms with E-state index in [4.69, 9.17) is 27.8 Å². The van der Waals surface area contributed by atoms with Crippen LogP contribution in [-0.4, -0.2) is 73.6 Å². The van der Waals surface area contributed by atoms with Crippen LogP contribution in [0.15, 0.2) is 0 Å². The summed E-state index contributed by atoms with van der Waals surface area (Å²) < 4.78 is 33.8. The fourth-order valence-electron chi connectivity index (χ4n) is 2.63. The molecule has 0 radical (unpaired) electrons. The van der Waals surface area contributed by atoms with Crippen molar-refractivity contribution >= 4 is 8.56 Å². The first kappa shape index (κ1) is 19.3. The average molecular weight is 349 g/mol. The summed E-state index contributed by atoms with van der Waals surface area (Å²) in [5.74, 6) is 0. The van der Waals surface area contributed by atoms with Gasteiger partial charge in [-0.25, -0.2) is 0 Å². The SMILES string of the molecule is CCO[Si](CCCOCC1CO1)(CCCOCC1CO1)OCC. The van der Waals surface area contributed by atoms with Gasteiger partial charge in [0.15, 0.2) is 0 Å². The molecular weight excluding hydrogens is 316 g/mol. The molecule has 0 spiro atoms. The number of rotatable bonds is 16. The summed E-state index contributed by atoms with van der Waals surface area (Å²) in [7, 11) is -2.14. The predicted octanol–water partition coefficient (Wildman–Crippen LogP) is 2.11. The molecule has 2 aliphatic heterocycles. The minimum absolute atomic E-state index is 0.336. The number of hydrogen-bond donors (Lipinski definition) is 0. The maximum absolute atomic E-state index is 6.11. The van der Waals surface area contributed by atoms with E-state index in [1.807, 2.05) is 13.8 Å². The van der Waals surface area contributed by atoms with Crippen LogP contribution in [0, 0.1) is 0 Å². The second-order valence-corrected chi connectivity index (χ2v) is 9.44. The summed E-state index contributed by atoms with van der Waals surface area (Å²) in [6.07, 6.45) is 2.64. The Morgan fingerprint density at radius 2 is 1.26 bits per heavy atom. The lowest BCUT2D eigenvalue weighted by Gasteiger charge is -2.30. The van der Waals surface area contributed by atoms with E-state index in [2.05, 4.69) is 0 Å². The highest BCUT2D eigenvalue weighted by molar-refractivity contribution is 6.67. The van der Waals surface area contributed by atoms with Gasteiger partial charge in [0, 0.05) is 26.4 Å². The molecule has 2 rings (SSSR count). The van der Waals surface area contributed by atoms with Crippen molar-refractivity contribution in [2.45, 2.75) is 51.0 Å². The first-order valence-electron chi connectivity index (χ1n) is 8.94. The van der Waals surface area contributed by atoms with Crippen molar-refractivity contribution in [1.29, 1.82) is 0 Å². The first-order valence-corrected chi connectivity index (χ1v) is 11.2. The molecule has 0 aromatic rings. The van der Waals surface area contributed by atoms with Gasteiger partial charge in [-0.05, 0) is 38.8 Å². The Hall–Kier alpha value is -0.0231. The lowest BCUT2D eigenvalue weighted by Crippen LogP contribution is -2.42. The zero-order valence-electron chi connectivity index (χ0n) is 14.6. The lowest BCUT2D eigenvalue weighted by molar-refractivity contribution is 0.108. The summed E-state index contributed by atoms with van der Waals surface area (Å²) >= 11 is 0. The van der Waals surface area contributed by atoms with Gasteiger partial charge in [0.1, 0.15) is 12.2 Å². The molecule has 0 N–H and O–H groups in total. The minimum Gasteiger partial charge on any atom is -0.394 e. The van der Waals surface area contributed by atoms with Crippen LogP contribution < -0.4 is 0 Å². The van der Waals surface area contributed by atoms with Crippen LogP contribution in [0.2, 0.25) is 12.1 Å². The molecule has 0 saturated carbocycles. The topological polar surface area (TPSA) is 62.0 Å². The van der Waals surface area contributed by atoms with Crippen LogP contribution in [0.25, 0.3) is 0 Å². The molecule has 2 atom stereocenters. The third-order valence-corrected chi connectivity index (χ3v) is 7.78. The van der Waals surface area contributed by atoms with Crippen LogP contribution in [-0.2, 0) is 27.8 Å². The first-order chi connectivity index (χ1) is 11.3. The van der Waals surface area contributed by atoms with E-state index in [-0.39, 0.29) is 0 Å². The van der Waals surface area contributed by atoms with Gasteiger partial charge in [-0.2, -0.15) is 0 Å². The van der Waals surface area contributed by atoms with E-state index in [0.717, 1.165) is 64.6 Å². The largest absolute Gasteiger partial charge is 0.394 e. The molecular formula is C16H32O6Si. The van der Waals surface area contributed by atoms with Crippen LogP contribution in [0.3, 0.4) is 0 Å². The number of ether oxygens (including phenoxy) is 4. The summed E-state index contributed by atoms with van der Waals surface area (Å²) in [6, 6.07) is 1.96. The van der Waals surface area contributed by atoms with Gasteiger partial charge in [0.05, 0.1) is 26.4 Å². The zero-order chi connectivity index (χ0) is 16.4. The van der Waals surface area contributed by atoms with Gasteiger partial charge in [-0.1, -0.05) is 0 Å². The zero-order valence-corrected chi connectivity index (χ0v) is 15.6. The summed E-state index contributed by atoms with van der Waals surface area (Å²) in [5.41, 5.74) is 0. The average Bonchev–Trinajstić information content (AvgIpc) is 3.42. The van der Waals surface area contributed by atoms with Gasteiger partial charge >= 0.3 is 8.56 Å². The minimum atomic E-state index is -2.14.